The minimum atomic E-state index is -0.633. The molecule has 8 nitrogen and oxygen atoms in total. The van der Waals surface area contributed by atoms with Crippen molar-refractivity contribution in [2.75, 3.05) is 46.3 Å². The van der Waals surface area contributed by atoms with Crippen LogP contribution in [0.15, 0.2) is 16.6 Å². The molecule has 3 rings (SSSR count). The van der Waals surface area contributed by atoms with Crippen molar-refractivity contribution in [3.63, 3.8) is 0 Å². The molecule has 3 fully saturated rings. The lowest BCUT2D eigenvalue weighted by Crippen LogP contribution is -2.60. The van der Waals surface area contributed by atoms with Crippen LogP contribution in [-0.4, -0.2) is 92.6 Å². The summed E-state index contributed by atoms with van der Waals surface area (Å²) < 4.78 is 6.65. The summed E-state index contributed by atoms with van der Waals surface area (Å²) in [6.07, 6.45) is 8.60. The molecule has 38 heavy (non-hydrogen) atoms. The Kier molecular flexibility index (Phi) is 12.8. The molecule has 9 heteroatoms. The van der Waals surface area contributed by atoms with Crippen LogP contribution in [-0.2, 0) is 9.53 Å². The summed E-state index contributed by atoms with van der Waals surface area (Å²) in [7, 11) is 1.66. The first-order valence-corrected chi connectivity index (χ1v) is 15.4. The normalized spacial score (nSPS) is 30.4. The van der Waals surface area contributed by atoms with Gasteiger partial charge in [0.2, 0.25) is 5.91 Å². The number of alkyl halides is 1. The van der Waals surface area contributed by atoms with Crippen LogP contribution in [0.2, 0.25) is 0 Å². The van der Waals surface area contributed by atoms with E-state index in [-0.39, 0.29) is 35.6 Å². The van der Waals surface area contributed by atoms with Gasteiger partial charge in [0.05, 0.1) is 18.2 Å². The minimum Gasteiger partial charge on any atom is -0.387 e. The maximum atomic E-state index is 14.0. The van der Waals surface area contributed by atoms with Gasteiger partial charge in [-0.3, -0.25) is 9.79 Å². The Bertz CT molecular complexity index is 806. The maximum absolute atomic E-state index is 14.0. The molecule has 8 unspecified atom stereocenters. The third kappa shape index (κ3) is 8.65. The Balaban J connectivity index is 1.76. The molecule has 1 amide bonds. The van der Waals surface area contributed by atoms with Crippen molar-refractivity contribution in [2.24, 2.45) is 28.5 Å². The van der Waals surface area contributed by atoms with Crippen LogP contribution in [0, 0.1) is 17.8 Å². The number of ether oxygens (including phenoxy) is 1. The molecule has 5 N–H and O–H groups in total. The average molecular weight is 553 g/mol. The fourth-order valence-corrected chi connectivity index (χ4v) is 6.41. The van der Waals surface area contributed by atoms with Crippen LogP contribution >= 0.6 is 11.6 Å². The summed E-state index contributed by atoms with van der Waals surface area (Å²) in [6.45, 7) is 14.2. The average Bonchev–Trinajstić information content (AvgIpc) is 3.53. The van der Waals surface area contributed by atoms with Gasteiger partial charge in [-0.05, 0) is 44.7 Å². The molecule has 3 saturated heterocycles. The second-order valence-electron chi connectivity index (χ2n) is 11.7. The van der Waals surface area contributed by atoms with Gasteiger partial charge in [-0.25, -0.2) is 0 Å². The molecule has 3 aliphatic heterocycles. The number of nitrogens with two attached hydrogens (primary N) is 1. The van der Waals surface area contributed by atoms with Crippen LogP contribution in [0.5, 0.6) is 0 Å². The molecule has 0 saturated carbocycles. The van der Waals surface area contributed by atoms with E-state index in [1.54, 1.807) is 7.05 Å². The van der Waals surface area contributed by atoms with Gasteiger partial charge in [0.15, 0.2) is 0 Å². The van der Waals surface area contributed by atoms with Crippen molar-refractivity contribution >= 4 is 23.3 Å². The number of hydrogen-bond donors (Lipinski definition) is 4. The van der Waals surface area contributed by atoms with E-state index in [0.717, 1.165) is 51.7 Å². The number of halogens is 1. The Morgan fingerprint density at radius 1 is 1.26 bits per heavy atom. The zero-order chi connectivity index (χ0) is 27.7. The molecule has 0 aliphatic carbocycles. The number of amidine groups is 1. The van der Waals surface area contributed by atoms with Crippen LogP contribution < -0.4 is 21.7 Å². The van der Waals surface area contributed by atoms with E-state index in [9.17, 15) is 4.79 Å². The molecule has 3 heterocycles. The Labute approximate surface area is 235 Å². The SMILES string of the molecule is CCCCC(Cl)CNC(C=C(CC)C(C)C)C(C(=O)NC1CNCCC1OC1CN2CCC1C2)C(N)=NC. The summed E-state index contributed by atoms with van der Waals surface area (Å²) in [6, 6.07) is -0.406. The summed E-state index contributed by atoms with van der Waals surface area (Å²) in [5, 5.41) is 10.4. The van der Waals surface area contributed by atoms with Gasteiger partial charge in [0, 0.05) is 50.6 Å². The minimum absolute atomic E-state index is 0.00344. The molecule has 0 aromatic heterocycles. The van der Waals surface area contributed by atoms with Gasteiger partial charge in [-0.2, -0.15) is 0 Å². The number of unbranched alkanes of at least 4 members (excludes halogenated alkanes) is 1. The maximum Gasteiger partial charge on any atom is 0.232 e. The summed E-state index contributed by atoms with van der Waals surface area (Å²) in [5.41, 5.74) is 7.73. The number of aliphatic imine (C=N–C) groups is 1. The highest BCUT2D eigenvalue weighted by molar-refractivity contribution is 6.20. The molecule has 0 aromatic rings. The van der Waals surface area contributed by atoms with Crippen molar-refractivity contribution in [3.8, 4) is 0 Å². The van der Waals surface area contributed by atoms with Gasteiger partial charge in [-0.15, -0.1) is 11.6 Å². The van der Waals surface area contributed by atoms with E-state index in [1.165, 1.54) is 18.5 Å². The fourth-order valence-electron chi connectivity index (χ4n) is 6.16. The number of allylic oxidation sites excluding steroid dienone is 1. The molecule has 0 spiro atoms. The largest absolute Gasteiger partial charge is 0.387 e. The molecule has 2 bridgehead atoms. The highest BCUT2D eigenvalue weighted by Crippen LogP contribution is 2.31. The topological polar surface area (TPSA) is 104 Å². The lowest BCUT2D eigenvalue weighted by atomic mass is 9.90. The molecule has 3 aliphatic rings. The van der Waals surface area contributed by atoms with Crippen molar-refractivity contribution in [2.45, 2.75) is 95.9 Å². The van der Waals surface area contributed by atoms with E-state index < -0.39 is 5.92 Å². The second-order valence-corrected chi connectivity index (χ2v) is 12.3. The fraction of sp³-hybridized carbons (Fsp3) is 0.862. The predicted octanol–water partition coefficient (Wildman–Crippen LogP) is 2.91. The highest BCUT2D eigenvalue weighted by atomic mass is 35.5. The van der Waals surface area contributed by atoms with E-state index in [4.69, 9.17) is 22.1 Å². The lowest BCUT2D eigenvalue weighted by Gasteiger charge is -2.37. The first-order chi connectivity index (χ1) is 18.3. The van der Waals surface area contributed by atoms with Crippen LogP contribution in [0.25, 0.3) is 0 Å². The molecular formula is C29H53ClN6O2. The highest BCUT2D eigenvalue weighted by Gasteiger charge is 2.42. The molecule has 0 radical (unpaired) electrons. The van der Waals surface area contributed by atoms with E-state index in [0.29, 0.717) is 30.8 Å². The number of hydrogen-bond acceptors (Lipinski definition) is 6. The Morgan fingerprint density at radius 2 is 2.05 bits per heavy atom. The number of nitrogens with zero attached hydrogens (tertiary/aromatic N) is 2. The van der Waals surface area contributed by atoms with E-state index in [2.05, 4.69) is 59.6 Å². The monoisotopic (exact) mass is 552 g/mol. The summed E-state index contributed by atoms with van der Waals surface area (Å²) in [5.74, 6) is 0.580. The van der Waals surface area contributed by atoms with Gasteiger partial charge in [0.1, 0.15) is 11.8 Å². The molecular weight excluding hydrogens is 500 g/mol. The first-order valence-electron chi connectivity index (χ1n) is 15.0. The Hall–Kier alpha value is -1.19. The quantitative estimate of drug-likeness (QED) is 0.108. The van der Waals surface area contributed by atoms with Gasteiger partial charge < -0.3 is 31.3 Å². The summed E-state index contributed by atoms with van der Waals surface area (Å²) in [4.78, 5) is 20.7. The van der Waals surface area contributed by atoms with Crippen molar-refractivity contribution in [3.05, 3.63) is 11.6 Å². The smallest absolute Gasteiger partial charge is 0.232 e. The van der Waals surface area contributed by atoms with Gasteiger partial charge >= 0.3 is 0 Å². The van der Waals surface area contributed by atoms with E-state index in [1.807, 2.05) is 0 Å². The molecule has 218 valence electrons. The number of carbonyl (C=O) groups is 1. The number of carbonyl (C=O) groups excluding carboxylic acids is 1. The van der Waals surface area contributed by atoms with Gasteiger partial charge in [0.25, 0.3) is 0 Å². The second kappa shape index (κ2) is 15.6. The van der Waals surface area contributed by atoms with Crippen molar-refractivity contribution in [1.82, 2.24) is 20.9 Å². The van der Waals surface area contributed by atoms with Crippen molar-refractivity contribution < 1.29 is 9.53 Å². The number of nitrogens with one attached hydrogen (secondary N) is 3. The number of piperidine rings is 2. The predicted molar refractivity (Wildman–Crippen MR) is 158 cm³/mol. The lowest BCUT2D eigenvalue weighted by molar-refractivity contribution is -0.127. The van der Waals surface area contributed by atoms with E-state index >= 15 is 0 Å². The number of amides is 1. The zero-order valence-electron chi connectivity index (χ0n) is 24.3. The first kappa shape index (κ1) is 31.3. The van der Waals surface area contributed by atoms with Crippen LogP contribution in [0.4, 0.5) is 0 Å². The molecule has 0 aromatic carbocycles. The Morgan fingerprint density at radius 3 is 2.66 bits per heavy atom. The summed E-state index contributed by atoms with van der Waals surface area (Å²) >= 11 is 6.64. The van der Waals surface area contributed by atoms with Crippen LogP contribution in [0.3, 0.4) is 0 Å². The van der Waals surface area contributed by atoms with Crippen LogP contribution in [0.1, 0.15) is 66.2 Å². The van der Waals surface area contributed by atoms with Crippen molar-refractivity contribution in [1.29, 1.82) is 0 Å². The molecule has 8 atom stereocenters. The van der Waals surface area contributed by atoms with Gasteiger partial charge in [-0.1, -0.05) is 52.2 Å². The third-order valence-corrected chi connectivity index (χ3v) is 8.95. The number of fused-ring (bicyclic) bond motifs is 2. The zero-order valence-corrected chi connectivity index (χ0v) is 25.1. The number of rotatable bonds is 15. The standard InChI is InChI=1S/C29H53ClN6O2/c1-6-8-9-22(30)15-34-23(14-20(7-2)19(3)4)27(28(31)32-5)29(37)35-24-16-33-12-10-25(24)38-26-18-36-13-11-21(26)17-36/h14,19,21-27,33-34H,6-13,15-18H2,1-5H3,(H2,31,32)(H,35,37). The third-order valence-electron chi connectivity index (χ3n) is 8.58.